The SMILES string of the molecule is C=C/C=C/C=C/CCCCCCCCCc1cccc(OCCC)c1. The molecule has 0 N–H and O–H groups in total. The van der Waals surface area contributed by atoms with E-state index in [0.29, 0.717) is 0 Å². The lowest BCUT2D eigenvalue weighted by atomic mass is 10.0. The van der Waals surface area contributed by atoms with E-state index in [9.17, 15) is 0 Å². The van der Waals surface area contributed by atoms with Crippen LogP contribution in [0.15, 0.2) is 61.2 Å². The van der Waals surface area contributed by atoms with E-state index in [0.717, 1.165) is 18.8 Å². The van der Waals surface area contributed by atoms with Gasteiger partial charge < -0.3 is 4.74 Å². The lowest BCUT2D eigenvalue weighted by molar-refractivity contribution is 0.317. The second-order valence-electron chi connectivity index (χ2n) is 6.56. The highest BCUT2D eigenvalue weighted by Gasteiger charge is 1.98. The van der Waals surface area contributed by atoms with Gasteiger partial charge >= 0.3 is 0 Å². The van der Waals surface area contributed by atoms with Gasteiger partial charge in [0.25, 0.3) is 0 Å². The minimum absolute atomic E-state index is 0.810. The van der Waals surface area contributed by atoms with Crippen LogP contribution in [0.4, 0.5) is 0 Å². The Kier molecular flexibility index (Phi) is 13.4. The lowest BCUT2D eigenvalue weighted by Gasteiger charge is -2.07. The first kappa shape index (κ1) is 21.3. The Morgan fingerprint density at radius 3 is 2.44 bits per heavy atom. The lowest BCUT2D eigenvalue weighted by Crippen LogP contribution is -1.95. The van der Waals surface area contributed by atoms with Crippen molar-refractivity contribution in [2.45, 2.75) is 71.1 Å². The number of rotatable bonds is 15. The Balaban J connectivity index is 1.97. The maximum atomic E-state index is 5.70. The van der Waals surface area contributed by atoms with Gasteiger partial charge in [0.15, 0.2) is 0 Å². The van der Waals surface area contributed by atoms with Crippen molar-refractivity contribution >= 4 is 0 Å². The van der Waals surface area contributed by atoms with Crippen LogP contribution < -0.4 is 4.74 Å². The Morgan fingerprint density at radius 1 is 0.920 bits per heavy atom. The molecule has 0 aliphatic carbocycles. The fourth-order valence-corrected chi connectivity index (χ4v) is 2.80. The van der Waals surface area contributed by atoms with Crippen molar-refractivity contribution in [3.8, 4) is 5.75 Å². The Morgan fingerprint density at radius 2 is 1.68 bits per heavy atom. The van der Waals surface area contributed by atoms with E-state index in [-0.39, 0.29) is 0 Å². The number of allylic oxidation sites excluding steroid dienone is 5. The van der Waals surface area contributed by atoms with Crippen molar-refractivity contribution in [2.75, 3.05) is 6.61 Å². The topological polar surface area (TPSA) is 9.23 Å². The minimum Gasteiger partial charge on any atom is -0.494 e. The summed E-state index contributed by atoms with van der Waals surface area (Å²) in [6.07, 6.45) is 23.0. The minimum atomic E-state index is 0.810. The maximum Gasteiger partial charge on any atom is 0.119 e. The molecule has 1 nitrogen and oxygen atoms in total. The molecule has 0 spiro atoms. The van der Waals surface area contributed by atoms with E-state index in [4.69, 9.17) is 4.74 Å². The number of unbranched alkanes of at least 4 members (excludes halogenated alkanes) is 7. The highest BCUT2D eigenvalue weighted by molar-refractivity contribution is 5.28. The number of hydrogen-bond acceptors (Lipinski definition) is 1. The molecule has 0 aliphatic rings. The molecule has 1 rings (SSSR count). The van der Waals surface area contributed by atoms with Gasteiger partial charge in [0, 0.05) is 0 Å². The Bertz CT molecular complexity index is 499. The van der Waals surface area contributed by atoms with Crippen molar-refractivity contribution in [1.29, 1.82) is 0 Å². The molecule has 0 amide bonds. The van der Waals surface area contributed by atoms with Gasteiger partial charge in [-0.2, -0.15) is 0 Å². The maximum absolute atomic E-state index is 5.70. The molecule has 0 heterocycles. The van der Waals surface area contributed by atoms with Gasteiger partial charge in [-0.15, -0.1) is 0 Å². The second-order valence-corrected chi connectivity index (χ2v) is 6.56. The summed E-state index contributed by atoms with van der Waals surface area (Å²) in [5.74, 6) is 1.02. The first-order chi connectivity index (χ1) is 12.4. The van der Waals surface area contributed by atoms with Gasteiger partial charge in [0.2, 0.25) is 0 Å². The molecule has 0 unspecified atom stereocenters. The summed E-state index contributed by atoms with van der Waals surface area (Å²) in [6, 6.07) is 8.59. The average molecular weight is 341 g/mol. The molecule has 0 saturated carbocycles. The van der Waals surface area contributed by atoms with Crippen LogP contribution >= 0.6 is 0 Å². The molecule has 0 bridgehead atoms. The fourth-order valence-electron chi connectivity index (χ4n) is 2.80. The van der Waals surface area contributed by atoms with Gasteiger partial charge in [-0.1, -0.05) is 88.1 Å². The van der Waals surface area contributed by atoms with Crippen molar-refractivity contribution in [3.63, 3.8) is 0 Å². The second kappa shape index (κ2) is 15.7. The largest absolute Gasteiger partial charge is 0.494 e. The Hall–Kier alpha value is -1.76. The normalized spacial score (nSPS) is 11.4. The first-order valence-corrected chi connectivity index (χ1v) is 10.0. The van der Waals surface area contributed by atoms with Gasteiger partial charge in [-0.05, 0) is 49.8 Å². The van der Waals surface area contributed by atoms with Gasteiger partial charge in [-0.25, -0.2) is 0 Å². The molecule has 0 aliphatic heterocycles. The zero-order valence-electron chi connectivity index (χ0n) is 16.1. The molecule has 0 fully saturated rings. The van der Waals surface area contributed by atoms with Crippen LogP contribution in [0.5, 0.6) is 5.75 Å². The summed E-state index contributed by atoms with van der Waals surface area (Å²) >= 11 is 0. The molecular weight excluding hydrogens is 304 g/mol. The van der Waals surface area contributed by atoms with Crippen molar-refractivity contribution in [1.82, 2.24) is 0 Å². The van der Waals surface area contributed by atoms with E-state index in [1.807, 2.05) is 12.2 Å². The van der Waals surface area contributed by atoms with E-state index in [1.54, 1.807) is 6.08 Å². The summed E-state index contributed by atoms with van der Waals surface area (Å²) in [7, 11) is 0. The fraction of sp³-hybridized carbons (Fsp3) is 0.500. The molecule has 1 aromatic rings. The third kappa shape index (κ3) is 12.3. The molecule has 0 radical (unpaired) electrons. The van der Waals surface area contributed by atoms with Crippen molar-refractivity contribution in [2.24, 2.45) is 0 Å². The summed E-state index contributed by atoms with van der Waals surface area (Å²) in [5, 5.41) is 0. The van der Waals surface area contributed by atoms with Crippen molar-refractivity contribution in [3.05, 3.63) is 66.8 Å². The van der Waals surface area contributed by atoms with Gasteiger partial charge in [0.05, 0.1) is 6.61 Å². The first-order valence-electron chi connectivity index (χ1n) is 10.0. The monoisotopic (exact) mass is 340 g/mol. The third-order valence-electron chi connectivity index (χ3n) is 4.20. The highest BCUT2D eigenvalue weighted by atomic mass is 16.5. The highest BCUT2D eigenvalue weighted by Crippen LogP contribution is 2.16. The molecule has 1 aromatic carbocycles. The van der Waals surface area contributed by atoms with Crippen LogP contribution in [0, 0.1) is 0 Å². The molecule has 25 heavy (non-hydrogen) atoms. The Labute approximate surface area is 155 Å². The zero-order valence-corrected chi connectivity index (χ0v) is 16.1. The third-order valence-corrected chi connectivity index (χ3v) is 4.20. The molecule has 0 saturated heterocycles. The van der Waals surface area contributed by atoms with Crippen LogP contribution in [0.2, 0.25) is 0 Å². The van der Waals surface area contributed by atoms with Crippen LogP contribution in [0.1, 0.15) is 70.3 Å². The van der Waals surface area contributed by atoms with E-state index in [2.05, 4.69) is 49.9 Å². The number of hydrogen-bond donors (Lipinski definition) is 0. The summed E-state index contributed by atoms with van der Waals surface area (Å²) < 4.78 is 5.70. The van der Waals surface area contributed by atoms with E-state index in [1.165, 1.54) is 63.4 Å². The quantitative estimate of drug-likeness (QED) is 0.238. The average Bonchev–Trinajstić information content (AvgIpc) is 2.64. The van der Waals surface area contributed by atoms with Gasteiger partial charge in [0.1, 0.15) is 5.75 Å². The summed E-state index contributed by atoms with van der Waals surface area (Å²) in [4.78, 5) is 0. The number of ether oxygens (including phenoxy) is 1. The molecule has 1 heteroatoms. The van der Waals surface area contributed by atoms with E-state index < -0.39 is 0 Å². The molecular formula is C24H36O. The summed E-state index contributed by atoms with van der Waals surface area (Å²) in [6.45, 7) is 6.61. The zero-order chi connectivity index (χ0) is 18.0. The summed E-state index contributed by atoms with van der Waals surface area (Å²) in [5.41, 5.74) is 1.41. The predicted octanol–water partition coefficient (Wildman–Crippen LogP) is 7.44. The predicted molar refractivity (Wildman–Crippen MR) is 111 cm³/mol. The molecule has 138 valence electrons. The smallest absolute Gasteiger partial charge is 0.119 e. The van der Waals surface area contributed by atoms with Crippen LogP contribution in [0.25, 0.3) is 0 Å². The number of benzene rings is 1. The standard InChI is InChI=1S/C24H36O/c1-3-5-6-7-8-9-10-11-12-13-14-15-16-18-23-19-17-20-24(22-23)25-21-4-2/h3,5-8,17,19-20,22H,1,4,9-16,18,21H2,2H3/b6-5+,8-7+. The van der Waals surface area contributed by atoms with Crippen LogP contribution in [-0.2, 0) is 6.42 Å². The van der Waals surface area contributed by atoms with E-state index >= 15 is 0 Å². The van der Waals surface area contributed by atoms with Crippen LogP contribution in [0.3, 0.4) is 0 Å². The van der Waals surface area contributed by atoms with Gasteiger partial charge in [-0.3, -0.25) is 0 Å². The van der Waals surface area contributed by atoms with Crippen LogP contribution in [-0.4, -0.2) is 6.61 Å². The molecule has 0 aromatic heterocycles. The van der Waals surface area contributed by atoms with Crippen molar-refractivity contribution < 1.29 is 4.74 Å². The molecule has 0 atom stereocenters. The number of aryl methyl sites for hydroxylation is 1.